The second-order valence-corrected chi connectivity index (χ2v) is 3.33. The van der Waals surface area contributed by atoms with Crippen molar-refractivity contribution in [2.45, 2.75) is 0 Å². The third-order valence-electron chi connectivity index (χ3n) is 2.28. The van der Waals surface area contributed by atoms with Crippen LogP contribution in [-0.4, -0.2) is 15.0 Å². The maximum atomic E-state index is 5.68. The molecular formula is C12H9N3O. The van der Waals surface area contributed by atoms with E-state index in [1.54, 1.807) is 0 Å². The molecule has 78 valence electrons. The van der Waals surface area contributed by atoms with Crippen LogP contribution in [0.2, 0.25) is 0 Å². The normalized spacial score (nSPS) is 10.5. The number of hydrogen-bond donors (Lipinski definition) is 1. The number of aromatic amines is 1. The van der Waals surface area contributed by atoms with Crippen LogP contribution in [0.25, 0.3) is 11.0 Å². The summed E-state index contributed by atoms with van der Waals surface area (Å²) in [4.78, 5) is 11.2. The van der Waals surface area contributed by atoms with E-state index in [0.29, 0.717) is 5.88 Å². The zero-order valence-electron chi connectivity index (χ0n) is 8.42. The molecule has 0 fully saturated rings. The Balaban J connectivity index is 2.04. The van der Waals surface area contributed by atoms with Gasteiger partial charge in [0.15, 0.2) is 0 Å². The maximum Gasteiger partial charge on any atom is 0.231 e. The fraction of sp³-hybridized carbons (Fsp3) is 0. The van der Waals surface area contributed by atoms with E-state index in [-0.39, 0.29) is 0 Å². The first-order chi connectivity index (χ1) is 7.93. The predicted molar refractivity (Wildman–Crippen MR) is 60.4 cm³/mol. The molecule has 1 aromatic carbocycles. The molecule has 3 rings (SSSR count). The summed E-state index contributed by atoms with van der Waals surface area (Å²) in [5.74, 6) is 1.33. The molecule has 0 unspecified atom stereocenters. The zero-order valence-corrected chi connectivity index (χ0v) is 8.42. The smallest absolute Gasteiger partial charge is 0.231 e. The highest BCUT2D eigenvalue weighted by Gasteiger charge is 2.05. The van der Waals surface area contributed by atoms with E-state index in [1.807, 2.05) is 42.6 Å². The molecule has 2 aromatic heterocycles. The van der Waals surface area contributed by atoms with Crippen LogP contribution in [0.15, 0.2) is 48.9 Å². The van der Waals surface area contributed by atoms with E-state index in [2.05, 4.69) is 15.0 Å². The van der Waals surface area contributed by atoms with Crippen molar-refractivity contribution >= 4 is 11.0 Å². The fourth-order valence-corrected chi connectivity index (χ4v) is 1.53. The predicted octanol–water partition coefficient (Wildman–Crippen LogP) is 2.75. The van der Waals surface area contributed by atoms with Crippen molar-refractivity contribution in [2.24, 2.45) is 0 Å². The van der Waals surface area contributed by atoms with Gasteiger partial charge < -0.3 is 9.72 Å². The molecule has 0 aliphatic heterocycles. The number of H-pyrrole nitrogens is 1. The minimum absolute atomic E-state index is 0.567. The maximum absolute atomic E-state index is 5.68. The van der Waals surface area contributed by atoms with Gasteiger partial charge in [-0.15, -0.1) is 0 Å². The zero-order chi connectivity index (χ0) is 10.8. The van der Waals surface area contributed by atoms with Gasteiger partial charge in [0, 0.05) is 6.20 Å². The Morgan fingerprint density at radius 1 is 1.00 bits per heavy atom. The van der Waals surface area contributed by atoms with Crippen molar-refractivity contribution in [3.8, 4) is 11.6 Å². The van der Waals surface area contributed by atoms with Crippen molar-refractivity contribution in [3.63, 3.8) is 0 Å². The lowest BCUT2D eigenvalue weighted by Crippen LogP contribution is -1.89. The second-order valence-electron chi connectivity index (χ2n) is 3.33. The van der Waals surface area contributed by atoms with E-state index in [4.69, 9.17) is 4.74 Å². The lowest BCUT2D eigenvalue weighted by atomic mass is 10.3. The average Bonchev–Trinajstić information content (AvgIpc) is 2.80. The molecular weight excluding hydrogens is 202 g/mol. The molecule has 3 aromatic rings. The molecule has 0 saturated heterocycles. The van der Waals surface area contributed by atoms with Crippen LogP contribution in [-0.2, 0) is 0 Å². The summed E-state index contributed by atoms with van der Waals surface area (Å²) in [6, 6.07) is 11.5. The van der Waals surface area contributed by atoms with E-state index in [0.717, 1.165) is 16.8 Å². The van der Waals surface area contributed by atoms with Gasteiger partial charge in [-0.1, -0.05) is 18.2 Å². The number of para-hydroxylation sites is 1. The number of nitrogens with zero attached hydrogens (tertiary/aromatic N) is 2. The summed E-state index contributed by atoms with van der Waals surface area (Å²) >= 11 is 0. The number of fused-ring (bicyclic) bond motifs is 1. The Morgan fingerprint density at radius 2 is 1.88 bits per heavy atom. The first kappa shape index (κ1) is 8.91. The topological polar surface area (TPSA) is 50.8 Å². The molecule has 0 aliphatic carbocycles. The summed E-state index contributed by atoms with van der Waals surface area (Å²) in [7, 11) is 0. The number of benzene rings is 1. The number of nitrogens with one attached hydrogen (secondary N) is 1. The van der Waals surface area contributed by atoms with Gasteiger partial charge in [0.1, 0.15) is 17.7 Å². The number of hydrogen-bond acceptors (Lipinski definition) is 3. The summed E-state index contributed by atoms with van der Waals surface area (Å²) < 4.78 is 5.68. The lowest BCUT2D eigenvalue weighted by Gasteiger charge is -2.04. The molecule has 0 bridgehead atoms. The van der Waals surface area contributed by atoms with Gasteiger partial charge in [-0.05, 0) is 18.2 Å². The largest absolute Gasteiger partial charge is 0.438 e. The molecule has 2 heterocycles. The molecule has 4 heteroatoms. The molecule has 16 heavy (non-hydrogen) atoms. The fourth-order valence-electron chi connectivity index (χ4n) is 1.53. The molecule has 4 nitrogen and oxygen atoms in total. The third kappa shape index (κ3) is 1.50. The number of ether oxygens (including phenoxy) is 1. The van der Waals surface area contributed by atoms with Gasteiger partial charge in [0.25, 0.3) is 0 Å². The van der Waals surface area contributed by atoms with Crippen LogP contribution in [0.3, 0.4) is 0 Å². The second kappa shape index (κ2) is 3.66. The van der Waals surface area contributed by atoms with Crippen LogP contribution in [0.5, 0.6) is 11.6 Å². The minimum atomic E-state index is 0.567. The Hall–Kier alpha value is -2.36. The molecule has 0 atom stereocenters. The highest BCUT2D eigenvalue weighted by atomic mass is 16.5. The first-order valence-corrected chi connectivity index (χ1v) is 4.94. The van der Waals surface area contributed by atoms with Crippen molar-refractivity contribution in [3.05, 3.63) is 48.9 Å². The van der Waals surface area contributed by atoms with Crippen LogP contribution >= 0.6 is 0 Å². The minimum Gasteiger partial charge on any atom is -0.438 e. The highest BCUT2D eigenvalue weighted by Crippen LogP contribution is 2.25. The van der Waals surface area contributed by atoms with E-state index in [1.165, 1.54) is 6.33 Å². The third-order valence-corrected chi connectivity index (χ3v) is 2.28. The SMILES string of the molecule is c1ccc(Oc2ncnc3[nH]ccc23)cc1. The van der Waals surface area contributed by atoms with E-state index >= 15 is 0 Å². The summed E-state index contributed by atoms with van der Waals surface area (Å²) in [6.07, 6.45) is 3.30. The van der Waals surface area contributed by atoms with Crippen molar-refractivity contribution in [1.29, 1.82) is 0 Å². The highest BCUT2D eigenvalue weighted by molar-refractivity contribution is 5.80. The van der Waals surface area contributed by atoms with Crippen LogP contribution in [0.1, 0.15) is 0 Å². The van der Waals surface area contributed by atoms with Gasteiger partial charge in [-0.2, -0.15) is 0 Å². The summed E-state index contributed by atoms with van der Waals surface area (Å²) in [6.45, 7) is 0. The molecule has 0 radical (unpaired) electrons. The first-order valence-electron chi connectivity index (χ1n) is 4.94. The molecule has 0 aliphatic rings. The summed E-state index contributed by atoms with van der Waals surface area (Å²) in [5.41, 5.74) is 0.779. The van der Waals surface area contributed by atoms with Crippen molar-refractivity contribution < 1.29 is 4.74 Å². The van der Waals surface area contributed by atoms with Crippen LogP contribution < -0.4 is 4.74 Å². The van der Waals surface area contributed by atoms with Crippen molar-refractivity contribution in [2.75, 3.05) is 0 Å². The molecule has 0 saturated carbocycles. The Kier molecular flexibility index (Phi) is 2.04. The van der Waals surface area contributed by atoms with Gasteiger partial charge in [0.05, 0.1) is 5.39 Å². The van der Waals surface area contributed by atoms with E-state index in [9.17, 15) is 0 Å². The van der Waals surface area contributed by atoms with Crippen LogP contribution in [0, 0.1) is 0 Å². The van der Waals surface area contributed by atoms with Gasteiger partial charge in [-0.25, -0.2) is 9.97 Å². The number of rotatable bonds is 2. The molecule has 1 N–H and O–H groups in total. The average molecular weight is 211 g/mol. The van der Waals surface area contributed by atoms with Crippen LogP contribution in [0.4, 0.5) is 0 Å². The number of aromatic nitrogens is 3. The summed E-state index contributed by atoms with van der Waals surface area (Å²) in [5, 5.41) is 0.881. The monoisotopic (exact) mass is 211 g/mol. The Labute approximate surface area is 91.9 Å². The van der Waals surface area contributed by atoms with Gasteiger partial charge in [-0.3, -0.25) is 0 Å². The van der Waals surface area contributed by atoms with E-state index < -0.39 is 0 Å². The Bertz CT molecular complexity index is 604. The van der Waals surface area contributed by atoms with Crippen molar-refractivity contribution in [1.82, 2.24) is 15.0 Å². The lowest BCUT2D eigenvalue weighted by molar-refractivity contribution is 0.468. The molecule has 0 amide bonds. The van der Waals surface area contributed by atoms with Gasteiger partial charge >= 0.3 is 0 Å². The molecule has 0 spiro atoms. The Morgan fingerprint density at radius 3 is 2.75 bits per heavy atom. The standard InChI is InChI=1S/C12H9N3O/c1-2-4-9(5-3-1)16-12-10-6-7-13-11(10)14-8-15-12/h1-8H,(H,13,14,15). The van der Waals surface area contributed by atoms with Gasteiger partial charge in [0.2, 0.25) is 5.88 Å². The quantitative estimate of drug-likeness (QED) is 0.709.